The summed E-state index contributed by atoms with van der Waals surface area (Å²) in [7, 11) is 0. The molecule has 9 heteroatoms. The van der Waals surface area contributed by atoms with Crippen molar-refractivity contribution in [1.82, 2.24) is 14.8 Å². The second kappa shape index (κ2) is 7.33. The highest BCUT2D eigenvalue weighted by Gasteiger charge is 2.30. The Morgan fingerprint density at radius 1 is 1.25 bits per heavy atom. The minimum atomic E-state index is -4.46. The second-order valence-corrected chi connectivity index (χ2v) is 4.72. The average Bonchev–Trinajstić information content (AvgIpc) is 2.90. The van der Waals surface area contributed by atoms with Crippen molar-refractivity contribution in [3.05, 3.63) is 35.7 Å². The SMILES string of the molecule is CCOC(=O)Cc1cn(-c2ccc(C(F)(F)F)cn2)nc1OCC. The lowest BCUT2D eigenvalue weighted by Gasteiger charge is -2.06. The van der Waals surface area contributed by atoms with Gasteiger partial charge in [-0.2, -0.15) is 13.2 Å². The first kappa shape index (κ1) is 17.8. The third-order valence-corrected chi connectivity index (χ3v) is 2.98. The lowest BCUT2D eigenvalue weighted by molar-refractivity contribution is -0.142. The highest BCUT2D eigenvalue weighted by atomic mass is 19.4. The van der Waals surface area contributed by atoms with E-state index in [1.165, 1.54) is 16.9 Å². The quantitative estimate of drug-likeness (QED) is 0.755. The van der Waals surface area contributed by atoms with E-state index in [0.29, 0.717) is 12.2 Å². The first-order valence-corrected chi connectivity index (χ1v) is 7.25. The van der Waals surface area contributed by atoms with Crippen LogP contribution in [0, 0.1) is 0 Å². The van der Waals surface area contributed by atoms with E-state index in [-0.39, 0.29) is 24.7 Å². The number of aromatic nitrogens is 3. The molecule has 2 rings (SSSR count). The maximum Gasteiger partial charge on any atom is 0.417 e. The molecule has 0 amide bonds. The van der Waals surface area contributed by atoms with Crippen LogP contribution in [0.15, 0.2) is 24.5 Å². The number of ether oxygens (including phenoxy) is 2. The van der Waals surface area contributed by atoms with Gasteiger partial charge in [0.1, 0.15) is 0 Å². The molecule has 0 saturated heterocycles. The van der Waals surface area contributed by atoms with Crippen LogP contribution in [-0.2, 0) is 22.1 Å². The number of rotatable bonds is 6. The molecule has 0 aliphatic rings. The summed E-state index contributed by atoms with van der Waals surface area (Å²) in [6.07, 6.45) is -2.30. The highest BCUT2D eigenvalue weighted by molar-refractivity contribution is 5.73. The monoisotopic (exact) mass is 343 g/mol. The molecule has 0 saturated carbocycles. The first-order chi connectivity index (χ1) is 11.3. The molecule has 0 aromatic carbocycles. The number of halogens is 3. The Balaban J connectivity index is 2.28. The zero-order valence-corrected chi connectivity index (χ0v) is 13.1. The van der Waals surface area contributed by atoms with Crippen molar-refractivity contribution in [1.29, 1.82) is 0 Å². The first-order valence-electron chi connectivity index (χ1n) is 7.25. The van der Waals surface area contributed by atoms with Crippen LogP contribution in [-0.4, -0.2) is 33.9 Å². The number of hydrogen-bond donors (Lipinski definition) is 0. The summed E-state index contributed by atoms with van der Waals surface area (Å²) in [6, 6.07) is 2.11. The summed E-state index contributed by atoms with van der Waals surface area (Å²) < 4.78 is 49.2. The van der Waals surface area contributed by atoms with Gasteiger partial charge in [0.25, 0.3) is 0 Å². The van der Waals surface area contributed by atoms with E-state index >= 15 is 0 Å². The van der Waals surface area contributed by atoms with Crippen LogP contribution in [0.4, 0.5) is 13.2 Å². The molecule has 130 valence electrons. The average molecular weight is 343 g/mol. The van der Waals surface area contributed by atoms with Gasteiger partial charge in [-0.05, 0) is 26.0 Å². The molecule has 0 atom stereocenters. The Hall–Kier alpha value is -2.58. The van der Waals surface area contributed by atoms with Crippen molar-refractivity contribution in [3.63, 3.8) is 0 Å². The number of alkyl halides is 3. The summed E-state index contributed by atoms with van der Waals surface area (Å²) in [5, 5.41) is 4.12. The van der Waals surface area contributed by atoms with Gasteiger partial charge in [0.2, 0.25) is 5.88 Å². The third kappa shape index (κ3) is 4.24. The van der Waals surface area contributed by atoms with Crippen molar-refractivity contribution in [2.24, 2.45) is 0 Å². The molecular formula is C15H16F3N3O3. The fourth-order valence-corrected chi connectivity index (χ4v) is 1.95. The van der Waals surface area contributed by atoms with Crippen LogP contribution >= 0.6 is 0 Å². The third-order valence-electron chi connectivity index (χ3n) is 2.98. The van der Waals surface area contributed by atoms with Crippen molar-refractivity contribution in [2.45, 2.75) is 26.4 Å². The lowest BCUT2D eigenvalue weighted by Crippen LogP contribution is -2.08. The van der Waals surface area contributed by atoms with Crippen molar-refractivity contribution >= 4 is 5.97 Å². The molecule has 24 heavy (non-hydrogen) atoms. The van der Waals surface area contributed by atoms with Crippen molar-refractivity contribution in [3.8, 4) is 11.7 Å². The van der Waals surface area contributed by atoms with Gasteiger partial charge in [-0.1, -0.05) is 0 Å². The number of esters is 1. The molecule has 0 N–H and O–H groups in total. The Bertz CT molecular complexity index is 696. The fourth-order valence-electron chi connectivity index (χ4n) is 1.95. The van der Waals surface area contributed by atoms with Gasteiger partial charge >= 0.3 is 12.1 Å². The van der Waals surface area contributed by atoms with Crippen molar-refractivity contribution < 1.29 is 27.4 Å². The van der Waals surface area contributed by atoms with E-state index in [2.05, 4.69) is 10.1 Å². The van der Waals surface area contributed by atoms with E-state index in [1.807, 2.05) is 0 Å². The molecule has 0 aliphatic carbocycles. The topological polar surface area (TPSA) is 66.2 Å². The van der Waals surface area contributed by atoms with Crippen LogP contribution in [0.1, 0.15) is 25.0 Å². The van der Waals surface area contributed by atoms with Gasteiger partial charge in [-0.15, -0.1) is 5.10 Å². The van der Waals surface area contributed by atoms with Crippen molar-refractivity contribution in [2.75, 3.05) is 13.2 Å². The number of pyridine rings is 1. The molecule has 2 aromatic rings. The fraction of sp³-hybridized carbons (Fsp3) is 0.400. The summed E-state index contributed by atoms with van der Waals surface area (Å²) in [6.45, 7) is 4.02. The smallest absolute Gasteiger partial charge is 0.417 e. The zero-order chi connectivity index (χ0) is 17.7. The molecule has 2 aromatic heterocycles. The maximum atomic E-state index is 12.6. The van der Waals surface area contributed by atoms with E-state index in [9.17, 15) is 18.0 Å². The zero-order valence-electron chi connectivity index (χ0n) is 13.1. The molecule has 0 unspecified atom stereocenters. The van der Waals surface area contributed by atoms with Gasteiger partial charge in [0, 0.05) is 18.0 Å². The normalized spacial score (nSPS) is 11.4. The summed E-state index contributed by atoms with van der Waals surface area (Å²) in [5.41, 5.74) is -0.382. The van der Waals surface area contributed by atoms with E-state index in [1.54, 1.807) is 13.8 Å². The van der Waals surface area contributed by atoms with Gasteiger partial charge in [0.05, 0.1) is 25.2 Å². The highest BCUT2D eigenvalue weighted by Crippen LogP contribution is 2.29. The van der Waals surface area contributed by atoms with Crippen LogP contribution in [0.25, 0.3) is 5.82 Å². The second-order valence-electron chi connectivity index (χ2n) is 4.72. The molecule has 6 nitrogen and oxygen atoms in total. The van der Waals surface area contributed by atoms with E-state index in [0.717, 1.165) is 12.3 Å². The Kier molecular flexibility index (Phi) is 5.42. The Labute approximate surface area is 136 Å². The van der Waals surface area contributed by atoms with Gasteiger partial charge < -0.3 is 9.47 Å². The molecule has 2 heterocycles. The number of nitrogens with zero attached hydrogens (tertiary/aromatic N) is 3. The van der Waals surface area contributed by atoms with Crippen LogP contribution in [0.2, 0.25) is 0 Å². The molecule has 0 fully saturated rings. The maximum absolute atomic E-state index is 12.6. The minimum Gasteiger partial charge on any atom is -0.477 e. The summed E-state index contributed by atoms with van der Waals surface area (Å²) in [5.74, 6) is -0.0512. The van der Waals surface area contributed by atoms with E-state index in [4.69, 9.17) is 9.47 Å². The predicted molar refractivity (Wildman–Crippen MR) is 77.9 cm³/mol. The molecule has 0 bridgehead atoms. The molecule has 0 radical (unpaired) electrons. The summed E-state index contributed by atoms with van der Waals surface area (Å²) in [4.78, 5) is 15.4. The summed E-state index contributed by atoms with van der Waals surface area (Å²) >= 11 is 0. The molecule has 0 aliphatic heterocycles. The standard InChI is InChI=1S/C15H16F3N3O3/c1-3-23-13(22)7-10-9-21(20-14(10)24-4-2)12-6-5-11(8-19-12)15(16,17)18/h5-6,8-9H,3-4,7H2,1-2H3. The predicted octanol–water partition coefficient (Wildman–Crippen LogP) is 2.79. The molecule has 0 spiro atoms. The number of carbonyl (C=O) groups is 1. The van der Waals surface area contributed by atoms with Crippen LogP contribution in [0.3, 0.4) is 0 Å². The van der Waals surface area contributed by atoms with Gasteiger partial charge in [-0.25, -0.2) is 9.67 Å². The van der Waals surface area contributed by atoms with Gasteiger partial charge in [0.15, 0.2) is 5.82 Å². The number of hydrogen-bond acceptors (Lipinski definition) is 5. The van der Waals surface area contributed by atoms with Crippen LogP contribution < -0.4 is 4.74 Å². The largest absolute Gasteiger partial charge is 0.477 e. The Morgan fingerprint density at radius 2 is 2.00 bits per heavy atom. The van der Waals surface area contributed by atoms with Gasteiger partial charge in [-0.3, -0.25) is 4.79 Å². The minimum absolute atomic E-state index is 0.0518. The van der Waals surface area contributed by atoms with Crippen LogP contribution in [0.5, 0.6) is 5.88 Å². The van der Waals surface area contributed by atoms with E-state index < -0.39 is 17.7 Å². The Morgan fingerprint density at radius 3 is 2.54 bits per heavy atom. The number of carbonyl (C=O) groups excluding carboxylic acids is 1. The molecular weight excluding hydrogens is 327 g/mol. The lowest BCUT2D eigenvalue weighted by atomic mass is 10.2.